The summed E-state index contributed by atoms with van der Waals surface area (Å²) in [5.41, 5.74) is 0.976. The summed E-state index contributed by atoms with van der Waals surface area (Å²) in [7, 11) is -3.67. The van der Waals surface area contributed by atoms with E-state index < -0.39 is 7.25 Å². The highest BCUT2D eigenvalue weighted by Gasteiger charge is 2.42. The molecule has 0 aromatic heterocycles. The molecule has 1 fully saturated rings. The molecule has 0 aromatic carbocycles. The lowest BCUT2D eigenvalue weighted by Gasteiger charge is -2.47. The molecule has 1 heterocycles. The first-order chi connectivity index (χ1) is 6.86. The highest BCUT2D eigenvalue weighted by molar-refractivity contribution is 6.50. The van der Waals surface area contributed by atoms with E-state index in [0.717, 1.165) is 0 Å². The van der Waals surface area contributed by atoms with Gasteiger partial charge in [0.25, 0.3) is 0 Å². The highest BCUT2D eigenvalue weighted by Crippen LogP contribution is 2.22. The molecule has 1 saturated heterocycles. The van der Waals surface area contributed by atoms with E-state index in [4.69, 9.17) is 0 Å². The number of rotatable bonds is 0. The van der Waals surface area contributed by atoms with Gasteiger partial charge in [-0.3, -0.25) is 0 Å². The zero-order valence-corrected chi connectivity index (χ0v) is 10.7. The maximum Gasteiger partial charge on any atom is 0.673 e. The van der Waals surface area contributed by atoms with E-state index in [0.29, 0.717) is 11.1 Å². The number of likely N-dealkylation sites (tertiary alicyclic amines) is 1. The lowest BCUT2D eigenvalue weighted by molar-refractivity contribution is -0.982. The Morgan fingerprint density at radius 3 is 1.31 bits per heavy atom. The fraction of sp³-hybridized carbons (Fsp3) is 1.00. The van der Waals surface area contributed by atoms with Crippen molar-refractivity contribution in [2.45, 2.75) is 58.0 Å². The minimum atomic E-state index is -6.00. The van der Waals surface area contributed by atoms with E-state index in [2.05, 4.69) is 34.7 Å². The second kappa shape index (κ2) is 4.94. The summed E-state index contributed by atoms with van der Waals surface area (Å²) in [6.45, 7) is 9.51. The second-order valence-electron chi connectivity index (χ2n) is 5.74. The molecule has 6 heteroatoms. The molecule has 0 aromatic rings. The van der Waals surface area contributed by atoms with E-state index in [1.807, 2.05) is 0 Å². The molecule has 1 nitrogen and oxygen atoms in total. The van der Waals surface area contributed by atoms with Crippen LogP contribution in [0.1, 0.15) is 47.0 Å². The van der Waals surface area contributed by atoms with Crippen molar-refractivity contribution < 1.29 is 22.2 Å². The summed E-state index contributed by atoms with van der Waals surface area (Å²) >= 11 is 0. The molecule has 0 spiro atoms. The van der Waals surface area contributed by atoms with Crippen molar-refractivity contribution in [1.29, 1.82) is 0 Å². The predicted octanol–water partition coefficient (Wildman–Crippen LogP) is 2.54. The van der Waals surface area contributed by atoms with Gasteiger partial charge in [0.15, 0.2) is 0 Å². The molecule has 0 atom stereocenters. The van der Waals surface area contributed by atoms with Gasteiger partial charge in [-0.05, 0) is 34.1 Å². The van der Waals surface area contributed by atoms with Crippen molar-refractivity contribution in [1.82, 2.24) is 0 Å². The Morgan fingerprint density at radius 1 is 0.875 bits per heavy atom. The summed E-state index contributed by atoms with van der Waals surface area (Å²) in [6.07, 6.45) is 4.15. The first kappa shape index (κ1) is 15.7. The fourth-order valence-corrected chi connectivity index (χ4v) is 2.26. The van der Waals surface area contributed by atoms with E-state index in [9.17, 15) is 17.3 Å². The summed E-state index contributed by atoms with van der Waals surface area (Å²) in [5.74, 6) is 0. The molecule has 1 rings (SSSR count). The number of hydrogen-bond donors (Lipinski definition) is 1. The molecule has 0 radical (unpaired) electrons. The van der Waals surface area contributed by atoms with Crippen LogP contribution >= 0.6 is 0 Å². The third-order valence-corrected chi connectivity index (χ3v) is 3.63. The smallest absolute Gasteiger partial charge is 0.418 e. The lowest BCUT2D eigenvalue weighted by atomic mass is 9.80. The van der Waals surface area contributed by atoms with Crippen LogP contribution in [0, 0.1) is 0 Å². The van der Waals surface area contributed by atoms with Gasteiger partial charge in [0, 0.05) is 12.8 Å². The monoisotopic (exact) mass is 243 g/mol. The molecular weight excluding hydrogens is 221 g/mol. The van der Waals surface area contributed by atoms with Crippen LogP contribution in [0.3, 0.4) is 0 Å². The Morgan fingerprint density at radius 2 is 1.12 bits per heavy atom. The fourth-order valence-electron chi connectivity index (χ4n) is 2.26. The zero-order valence-electron chi connectivity index (χ0n) is 10.7. The van der Waals surface area contributed by atoms with Gasteiger partial charge in [-0.1, -0.05) is 0 Å². The number of piperidine rings is 1. The summed E-state index contributed by atoms with van der Waals surface area (Å²) in [5, 5.41) is 0. The van der Waals surface area contributed by atoms with E-state index in [-0.39, 0.29) is 0 Å². The van der Waals surface area contributed by atoms with E-state index in [1.54, 1.807) is 4.90 Å². The first-order valence-electron chi connectivity index (χ1n) is 5.58. The molecule has 1 N–H and O–H groups in total. The van der Waals surface area contributed by atoms with Gasteiger partial charge in [0.05, 0.1) is 18.1 Å². The molecule has 0 aliphatic carbocycles. The van der Waals surface area contributed by atoms with Crippen LogP contribution in [0.2, 0.25) is 0 Å². The van der Waals surface area contributed by atoms with Gasteiger partial charge < -0.3 is 22.2 Å². The summed E-state index contributed by atoms with van der Waals surface area (Å²) in [6, 6.07) is 0. The maximum atomic E-state index is 9.75. The highest BCUT2D eigenvalue weighted by atomic mass is 19.5. The molecule has 98 valence electrons. The molecule has 0 unspecified atom stereocenters. The average molecular weight is 243 g/mol. The molecular formula is C10H22BF4N. The Kier molecular flexibility index (Phi) is 4.86. The molecule has 0 bridgehead atoms. The van der Waals surface area contributed by atoms with Crippen molar-refractivity contribution in [3.8, 4) is 0 Å². The number of halogens is 4. The number of hydrogen-bond acceptors (Lipinski definition) is 0. The van der Waals surface area contributed by atoms with Gasteiger partial charge in [0.2, 0.25) is 0 Å². The average Bonchev–Trinajstić information content (AvgIpc) is 1.96. The van der Waals surface area contributed by atoms with Crippen LogP contribution in [0.5, 0.6) is 0 Å². The Bertz CT molecular complexity index is 203. The Labute approximate surface area is 95.3 Å². The van der Waals surface area contributed by atoms with Crippen LogP contribution in [-0.2, 0) is 0 Å². The topological polar surface area (TPSA) is 4.44 Å². The quantitative estimate of drug-likeness (QED) is 0.492. The predicted molar refractivity (Wildman–Crippen MR) is 59.1 cm³/mol. The van der Waals surface area contributed by atoms with Gasteiger partial charge >= 0.3 is 7.25 Å². The van der Waals surface area contributed by atoms with Gasteiger partial charge in [-0.25, -0.2) is 0 Å². The van der Waals surface area contributed by atoms with E-state index >= 15 is 0 Å². The minimum Gasteiger partial charge on any atom is -0.418 e. The second-order valence-corrected chi connectivity index (χ2v) is 5.74. The molecule has 1 aliphatic heterocycles. The summed E-state index contributed by atoms with van der Waals surface area (Å²) < 4.78 is 39.0. The van der Waals surface area contributed by atoms with Crippen molar-refractivity contribution >= 4 is 7.25 Å². The van der Waals surface area contributed by atoms with Gasteiger partial charge in [0.1, 0.15) is 0 Å². The van der Waals surface area contributed by atoms with Crippen LogP contribution < -0.4 is 4.90 Å². The summed E-state index contributed by atoms with van der Waals surface area (Å²) in [4.78, 5) is 1.69. The van der Waals surface area contributed by atoms with Crippen LogP contribution in [0.25, 0.3) is 0 Å². The van der Waals surface area contributed by atoms with Crippen LogP contribution in [-0.4, -0.2) is 25.4 Å². The Balaban J connectivity index is 0.000000385. The van der Waals surface area contributed by atoms with Crippen molar-refractivity contribution in [2.24, 2.45) is 0 Å². The molecule has 0 amide bonds. The number of nitrogens with one attached hydrogen (secondary N) is 1. The van der Waals surface area contributed by atoms with Gasteiger partial charge in [-0.2, -0.15) is 0 Å². The van der Waals surface area contributed by atoms with Crippen molar-refractivity contribution in [3.05, 3.63) is 0 Å². The third-order valence-electron chi connectivity index (χ3n) is 3.63. The number of quaternary nitrogens is 1. The normalized spacial score (nSPS) is 24.6. The van der Waals surface area contributed by atoms with Crippen molar-refractivity contribution in [3.63, 3.8) is 0 Å². The van der Waals surface area contributed by atoms with Crippen LogP contribution in [0.4, 0.5) is 17.3 Å². The largest absolute Gasteiger partial charge is 0.673 e. The zero-order chi connectivity index (χ0) is 13.2. The van der Waals surface area contributed by atoms with Crippen molar-refractivity contribution in [2.75, 3.05) is 7.05 Å². The molecule has 16 heavy (non-hydrogen) atoms. The standard InChI is InChI=1S/C10H21N.BF4/c1-9(2)7-6-8-10(3,4)11(9)5;2-1(3,4)5/h6-8H2,1-5H3;/q;-1/p+1. The van der Waals surface area contributed by atoms with E-state index in [1.165, 1.54) is 19.3 Å². The van der Waals surface area contributed by atoms with Gasteiger partial charge in [-0.15, -0.1) is 0 Å². The maximum absolute atomic E-state index is 9.75. The molecule has 0 saturated carbocycles. The third kappa shape index (κ3) is 5.73. The first-order valence-corrected chi connectivity index (χ1v) is 5.58. The Hall–Kier alpha value is -0.255. The van der Waals surface area contributed by atoms with Crippen LogP contribution in [0.15, 0.2) is 0 Å². The SMILES string of the molecule is C[NH+]1C(C)(C)CCCC1(C)C.F[B-](F)(F)F. The minimum absolute atomic E-state index is 0.488. The molecule has 1 aliphatic rings. The lowest BCUT2D eigenvalue weighted by Crippen LogP contribution is -3.24.